The molecule has 0 aliphatic carbocycles. The van der Waals surface area contributed by atoms with Gasteiger partial charge in [-0.1, -0.05) is 30.3 Å². The molecular formula is C19H18N2O2S. The predicted octanol–water partition coefficient (Wildman–Crippen LogP) is 3.13. The number of nitriles is 1. The SMILES string of the molecule is N#Cc1ccc(N2CC[C@@H](SC[C@@H](O)c3ccccc3)C2=O)cc1. The summed E-state index contributed by atoms with van der Waals surface area (Å²) in [4.78, 5) is 14.3. The highest BCUT2D eigenvalue weighted by Crippen LogP contribution is 2.31. The Morgan fingerprint density at radius 2 is 1.92 bits per heavy atom. The van der Waals surface area contributed by atoms with E-state index in [1.54, 1.807) is 17.0 Å². The molecule has 1 fully saturated rings. The molecule has 0 spiro atoms. The van der Waals surface area contributed by atoms with E-state index < -0.39 is 6.10 Å². The minimum atomic E-state index is -0.562. The molecule has 2 aromatic carbocycles. The van der Waals surface area contributed by atoms with Gasteiger partial charge in [0.1, 0.15) is 0 Å². The van der Waals surface area contributed by atoms with Crippen molar-refractivity contribution < 1.29 is 9.90 Å². The average Bonchev–Trinajstić information content (AvgIpc) is 3.01. The van der Waals surface area contributed by atoms with Gasteiger partial charge >= 0.3 is 0 Å². The van der Waals surface area contributed by atoms with E-state index in [1.807, 2.05) is 42.5 Å². The molecule has 24 heavy (non-hydrogen) atoms. The van der Waals surface area contributed by atoms with Gasteiger partial charge in [-0.15, -0.1) is 11.8 Å². The lowest BCUT2D eigenvalue weighted by atomic mass is 10.1. The molecule has 0 bridgehead atoms. The van der Waals surface area contributed by atoms with Crippen LogP contribution >= 0.6 is 11.8 Å². The molecule has 1 aliphatic rings. The van der Waals surface area contributed by atoms with Crippen LogP contribution in [0.4, 0.5) is 5.69 Å². The first-order chi connectivity index (χ1) is 11.7. The molecule has 1 saturated heterocycles. The summed E-state index contributed by atoms with van der Waals surface area (Å²) in [7, 11) is 0. The summed E-state index contributed by atoms with van der Waals surface area (Å²) in [6, 6.07) is 18.6. The van der Waals surface area contributed by atoms with Crippen LogP contribution in [0.25, 0.3) is 0 Å². The summed E-state index contributed by atoms with van der Waals surface area (Å²) < 4.78 is 0. The number of amides is 1. The normalized spacial score (nSPS) is 18.4. The van der Waals surface area contributed by atoms with Crippen molar-refractivity contribution in [2.45, 2.75) is 17.8 Å². The van der Waals surface area contributed by atoms with Crippen molar-refractivity contribution in [1.29, 1.82) is 5.26 Å². The number of aliphatic hydroxyl groups is 1. The maximum absolute atomic E-state index is 12.6. The zero-order chi connectivity index (χ0) is 16.9. The van der Waals surface area contributed by atoms with Crippen molar-refractivity contribution in [3.05, 3.63) is 65.7 Å². The Morgan fingerprint density at radius 3 is 2.58 bits per heavy atom. The quantitative estimate of drug-likeness (QED) is 0.910. The van der Waals surface area contributed by atoms with Crippen LogP contribution in [0, 0.1) is 11.3 Å². The van der Waals surface area contributed by atoms with E-state index in [9.17, 15) is 9.90 Å². The molecule has 0 radical (unpaired) electrons. The van der Waals surface area contributed by atoms with E-state index in [1.165, 1.54) is 11.8 Å². The van der Waals surface area contributed by atoms with Crippen LogP contribution in [0.2, 0.25) is 0 Å². The monoisotopic (exact) mass is 338 g/mol. The Hall–Kier alpha value is -2.29. The van der Waals surface area contributed by atoms with Gasteiger partial charge < -0.3 is 10.0 Å². The summed E-state index contributed by atoms with van der Waals surface area (Å²) >= 11 is 1.51. The smallest absolute Gasteiger partial charge is 0.240 e. The maximum Gasteiger partial charge on any atom is 0.240 e. The number of benzene rings is 2. The summed E-state index contributed by atoms with van der Waals surface area (Å²) in [6.45, 7) is 0.670. The number of nitrogens with zero attached hydrogens (tertiary/aromatic N) is 2. The second-order valence-corrected chi connectivity index (χ2v) is 6.92. The second-order valence-electron chi connectivity index (χ2n) is 5.69. The molecule has 5 heteroatoms. The van der Waals surface area contributed by atoms with E-state index in [0.29, 0.717) is 17.9 Å². The number of hydrogen-bond donors (Lipinski definition) is 1. The molecule has 4 nitrogen and oxygen atoms in total. The molecule has 2 aromatic rings. The molecule has 0 unspecified atom stereocenters. The van der Waals surface area contributed by atoms with Crippen LogP contribution in [-0.2, 0) is 4.79 Å². The lowest BCUT2D eigenvalue weighted by Crippen LogP contribution is -2.28. The maximum atomic E-state index is 12.6. The number of rotatable bonds is 5. The van der Waals surface area contributed by atoms with E-state index in [-0.39, 0.29) is 11.2 Å². The lowest BCUT2D eigenvalue weighted by molar-refractivity contribution is -0.116. The third-order valence-corrected chi connectivity index (χ3v) is 5.45. The summed E-state index contributed by atoms with van der Waals surface area (Å²) in [5.74, 6) is 0.576. The largest absolute Gasteiger partial charge is 0.388 e. The summed E-state index contributed by atoms with van der Waals surface area (Å²) in [5, 5.41) is 19.0. The number of carbonyl (C=O) groups excluding carboxylic acids is 1. The molecular weight excluding hydrogens is 320 g/mol. The number of thioether (sulfide) groups is 1. The molecule has 1 heterocycles. The molecule has 2 atom stereocenters. The van der Waals surface area contributed by atoms with E-state index in [2.05, 4.69) is 6.07 Å². The van der Waals surface area contributed by atoms with Crippen molar-refractivity contribution in [3.8, 4) is 6.07 Å². The van der Waals surface area contributed by atoms with Crippen LogP contribution < -0.4 is 4.90 Å². The van der Waals surface area contributed by atoms with Crippen LogP contribution in [0.1, 0.15) is 23.7 Å². The van der Waals surface area contributed by atoms with Gasteiger partial charge in [0.05, 0.1) is 23.0 Å². The molecule has 1 N–H and O–H groups in total. The summed E-state index contributed by atoms with van der Waals surface area (Å²) in [5.41, 5.74) is 2.28. The minimum Gasteiger partial charge on any atom is -0.388 e. The highest BCUT2D eigenvalue weighted by atomic mass is 32.2. The lowest BCUT2D eigenvalue weighted by Gasteiger charge is -2.17. The standard InChI is InChI=1S/C19H18N2O2S/c20-12-14-6-8-16(9-7-14)21-11-10-18(19(21)23)24-13-17(22)15-4-2-1-3-5-15/h1-9,17-18,22H,10-11,13H2/t17-,18-/m1/s1. The first-order valence-electron chi connectivity index (χ1n) is 7.85. The molecule has 1 aliphatic heterocycles. The molecule has 3 rings (SSSR count). The van der Waals surface area contributed by atoms with E-state index in [4.69, 9.17) is 5.26 Å². The van der Waals surface area contributed by atoms with Gasteiger partial charge in [-0.3, -0.25) is 4.79 Å². The van der Waals surface area contributed by atoms with Gasteiger partial charge in [-0.2, -0.15) is 5.26 Å². The van der Waals surface area contributed by atoms with Crippen molar-refractivity contribution in [2.24, 2.45) is 0 Å². The average molecular weight is 338 g/mol. The number of carbonyl (C=O) groups is 1. The first kappa shape index (κ1) is 16.6. The molecule has 122 valence electrons. The van der Waals surface area contributed by atoms with E-state index in [0.717, 1.165) is 17.7 Å². The van der Waals surface area contributed by atoms with Crippen molar-refractivity contribution >= 4 is 23.4 Å². The Morgan fingerprint density at radius 1 is 1.21 bits per heavy atom. The van der Waals surface area contributed by atoms with Crippen molar-refractivity contribution in [3.63, 3.8) is 0 Å². The van der Waals surface area contributed by atoms with Crippen LogP contribution in [0.15, 0.2) is 54.6 Å². The third-order valence-electron chi connectivity index (χ3n) is 4.10. The van der Waals surface area contributed by atoms with Gasteiger partial charge in [-0.05, 0) is 36.2 Å². The Balaban J connectivity index is 1.59. The molecule has 0 aromatic heterocycles. The first-order valence-corrected chi connectivity index (χ1v) is 8.90. The highest BCUT2D eigenvalue weighted by Gasteiger charge is 2.33. The van der Waals surface area contributed by atoms with Gasteiger partial charge in [0.25, 0.3) is 0 Å². The Kier molecular flexibility index (Phi) is 5.19. The van der Waals surface area contributed by atoms with E-state index >= 15 is 0 Å². The van der Waals surface area contributed by atoms with Crippen LogP contribution in [0.5, 0.6) is 0 Å². The predicted molar refractivity (Wildman–Crippen MR) is 95.8 cm³/mol. The fourth-order valence-electron chi connectivity index (χ4n) is 2.76. The summed E-state index contributed by atoms with van der Waals surface area (Å²) in [6.07, 6.45) is 0.207. The fourth-order valence-corrected chi connectivity index (χ4v) is 3.91. The molecule has 0 saturated carbocycles. The van der Waals surface area contributed by atoms with Gasteiger partial charge in [0, 0.05) is 18.0 Å². The van der Waals surface area contributed by atoms with Gasteiger partial charge in [0.2, 0.25) is 5.91 Å². The van der Waals surface area contributed by atoms with Gasteiger partial charge in [0.15, 0.2) is 0 Å². The van der Waals surface area contributed by atoms with Gasteiger partial charge in [-0.25, -0.2) is 0 Å². The van der Waals surface area contributed by atoms with Crippen molar-refractivity contribution in [2.75, 3.05) is 17.2 Å². The number of anilines is 1. The van der Waals surface area contributed by atoms with Crippen LogP contribution in [-0.4, -0.2) is 28.6 Å². The topological polar surface area (TPSA) is 64.3 Å². The Labute approximate surface area is 145 Å². The fraction of sp³-hybridized carbons (Fsp3) is 0.263. The zero-order valence-electron chi connectivity index (χ0n) is 13.1. The second kappa shape index (κ2) is 7.52. The number of aliphatic hydroxyl groups excluding tert-OH is 1. The highest BCUT2D eigenvalue weighted by molar-refractivity contribution is 8.00. The molecule has 1 amide bonds. The van der Waals surface area contributed by atoms with Crippen molar-refractivity contribution in [1.82, 2.24) is 0 Å². The zero-order valence-corrected chi connectivity index (χ0v) is 13.9. The number of hydrogen-bond acceptors (Lipinski definition) is 4. The third kappa shape index (κ3) is 3.61. The van der Waals surface area contributed by atoms with Crippen LogP contribution in [0.3, 0.4) is 0 Å². The minimum absolute atomic E-state index is 0.0740. The Bertz CT molecular complexity index is 740.